The molecule has 1 aromatic carbocycles. The Bertz CT molecular complexity index is 820. The molecule has 5 atom stereocenters. The van der Waals surface area contributed by atoms with Gasteiger partial charge < -0.3 is 33.5 Å². The average Bonchev–Trinajstić information content (AvgIpc) is 2.70. The molecule has 0 aliphatic carbocycles. The Morgan fingerprint density at radius 1 is 0.812 bits per heavy atom. The molecule has 0 radical (unpaired) electrons. The van der Waals surface area contributed by atoms with E-state index in [-0.39, 0.29) is 13.2 Å². The highest BCUT2D eigenvalue weighted by atomic mass is 16.7. The van der Waals surface area contributed by atoms with E-state index < -0.39 is 54.6 Å². The molecule has 1 N–H and O–H groups in total. The van der Waals surface area contributed by atoms with Crippen molar-refractivity contribution >= 4 is 23.9 Å². The van der Waals surface area contributed by atoms with Gasteiger partial charge in [0.05, 0.1) is 6.61 Å². The van der Waals surface area contributed by atoms with Crippen molar-refractivity contribution in [2.75, 3.05) is 6.61 Å². The lowest BCUT2D eigenvalue weighted by molar-refractivity contribution is -0.288. The quantitative estimate of drug-likeness (QED) is 0.436. The second-order valence-electron chi connectivity index (χ2n) is 6.99. The molecule has 11 heteroatoms. The van der Waals surface area contributed by atoms with E-state index >= 15 is 0 Å². The number of benzene rings is 1. The Morgan fingerprint density at radius 3 is 1.84 bits per heavy atom. The molecule has 0 spiro atoms. The van der Waals surface area contributed by atoms with Gasteiger partial charge in [-0.05, 0) is 17.7 Å². The first kappa shape index (κ1) is 25.1. The van der Waals surface area contributed by atoms with Crippen LogP contribution in [0, 0.1) is 0 Å². The first-order chi connectivity index (χ1) is 15.1. The predicted octanol–water partition coefficient (Wildman–Crippen LogP) is 0.641. The molecule has 1 aliphatic heterocycles. The highest BCUT2D eigenvalue weighted by Gasteiger charge is 2.53. The summed E-state index contributed by atoms with van der Waals surface area (Å²) in [6.07, 6.45) is -6.28. The van der Waals surface area contributed by atoms with Crippen molar-refractivity contribution in [3.63, 3.8) is 0 Å². The summed E-state index contributed by atoms with van der Waals surface area (Å²) in [4.78, 5) is 46.6. The molecule has 1 aliphatic rings. The van der Waals surface area contributed by atoms with Crippen molar-refractivity contribution in [1.29, 1.82) is 0 Å². The fraction of sp³-hybridized carbons (Fsp3) is 0.524. The fourth-order valence-corrected chi connectivity index (χ4v) is 3.09. The number of ether oxygens (including phenoxy) is 6. The number of aliphatic hydroxyl groups is 1. The van der Waals surface area contributed by atoms with Gasteiger partial charge in [-0.15, -0.1) is 0 Å². The van der Waals surface area contributed by atoms with Crippen molar-refractivity contribution in [3.05, 3.63) is 29.8 Å². The fourth-order valence-electron chi connectivity index (χ4n) is 3.09. The summed E-state index contributed by atoms with van der Waals surface area (Å²) in [5.74, 6) is -2.49. The van der Waals surface area contributed by atoms with E-state index in [2.05, 4.69) is 0 Å². The maximum Gasteiger partial charge on any atom is 0.303 e. The normalized spacial score (nSPS) is 24.7. The number of aliphatic hydroxyl groups excluding tert-OH is 1. The van der Waals surface area contributed by atoms with Crippen LogP contribution in [0.1, 0.15) is 33.3 Å². The molecule has 1 heterocycles. The van der Waals surface area contributed by atoms with Crippen LogP contribution in [0.5, 0.6) is 5.75 Å². The summed E-state index contributed by atoms with van der Waals surface area (Å²) in [7, 11) is 0. The van der Waals surface area contributed by atoms with E-state index in [1.807, 2.05) is 0 Å². The maximum atomic E-state index is 11.8. The van der Waals surface area contributed by atoms with Crippen molar-refractivity contribution in [2.45, 2.75) is 65.0 Å². The smallest absolute Gasteiger partial charge is 0.303 e. The molecule has 1 fully saturated rings. The van der Waals surface area contributed by atoms with Crippen molar-refractivity contribution < 1.29 is 52.7 Å². The Kier molecular flexibility index (Phi) is 8.97. The summed E-state index contributed by atoms with van der Waals surface area (Å²) in [6, 6.07) is 6.33. The monoisotopic (exact) mass is 454 g/mol. The van der Waals surface area contributed by atoms with Crippen molar-refractivity contribution in [3.8, 4) is 5.75 Å². The topological polar surface area (TPSA) is 144 Å². The lowest BCUT2D eigenvalue weighted by Crippen LogP contribution is -2.63. The molecule has 0 aromatic heterocycles. The molecule has 0 amide bonds. The number of hydrogen-bond acceptors (Lipinski definition) is 11. The SMILES string of the molecule is CC(=O)OC[C@@H]1O[C@H](Oc2ccc(CO)cc2)[C@@H](OC(C)=O)[C@H](OC(C)=O)[C@H]1OC(C)=O. The van der Waals surface area contributed by atoms with Gasteiger partial charge in [-0.3, -0.25) is 19.2 Å². The van der Waals surface area contributed by atoms with Crippen LogP contribution >= 0.6 is 0 Å². The van der Waals surface area contributed by atoms with Gasteiger partial charge in [0.1, 0.15) is 18.5 Å². The van der Waals surface area contributed by atoms with E-state index in [0.717, 1.165) is 20.8 Å². The van der Waals surface area contributed by atoms with Crippen LogP contribution in [0.3, 0.4) is 0 Å². The lowest BCUT2D eigenvalue weighted by Gasteiger charge is -2.43. The van der Waals surface area contributed by atoms with E-state index in [9.17, 15) is 24.3 Å². The third kappa shape index (κ3) is 7.20. The minimum atomic E-state index is -1.31. The standard InChI is InChI=1S/C21H26O11/c1-11(23)27-10-17-18(28-12(2)24)19(29-13(3)25)20(30-14(4)26)21(32-17)31-16-7-5-15(9-22)6-8-16/h5-8,17-22H,9-10H2,1-4H3/t17-,18-,19+,20-,21-/m0/s1. The largest absolute Gasteiger partial charge is 0.463 e. The van der Waals surface area contributed by atoms with E-state index in [1.54, 1.807) is 24.3 Å². The zero-order valence-corrected chi connectivity index (χ0v) is 18.1. The molecular formula is C21H26O11. The lowest BCUT2D eigenvalue weighted by atomic mass is 9.98. The van der Waals surface area contributed by atoms with Crippen LogP contribution in [0.25, 0.3) is 0 Å². The van der Waals surface area contributed by atoms with Gasteiger partial charge in [0.2, 0.25) is 12.4 Å². The van der Waals surface area contributed by atoms with Crippen molar-refractivity contribution in [1.82, 2.24) is 0 Å². The van der Waals surface area contributed by atoms with Gasteiger partial charge in [-0.2, -0.15) is 0 Å². The highest BCUT2D eigenvalue weighted by Crippen LogP contribution is 2.31. The first-order valence-corrected chi connectivity index (χ1v) is 9.77. The van der Waals surface area contributed by atoms with Gasteiger partial charge in [0.25, 0.3) is 0 Å². The summed E-state index contributed by atoms with van der Waals surface area (Å²) in [5.41, 5.74) is 0.638. The van der Waals surface area contributed by atoms with Gasteiger partial charge in [-0.25, -0.2) is 0 Å². The molecule has 11 nitrogen and oxygen atoms in total. The minimum Gasteiger partial charge on any atom is -0.463 e. The third-order valence-electron chi connectivity index (χ3n) is 4.31. The maximum absolute atomic E-state index is 11.8. The Morgan fingerprint density at radius 2 is 1.34 bits per heavy atom. The average molecular weight is 454 g/mol. The number of esters is 4. The Hall–Kier alpha value is -3.18. The van der Waals surface area contributed by atoms with Gasteiger partial charge in [0, 0.05) is 27.7 Å². The van der Waals surface area contributed by atoms with Gasteiger partial charge in [-0.1, -0.05) is 12.1 Å². The zero-order chi connectivity index (χ0) is 23.8. The van der Waals surface area contributed by atoms with E-state index in [0.29, 0.717) is 11.3 Å². The predicted molar refractivity (Wildman–Crippen MR) is 105 cm³/mol. The molecule has 1 saturated heterocycles. The van der Waals surface area contributed by atoms with Crippen LogP contribution in [-0.2, 0) is 49.5 Å². The molecule has 176 valence electrons. The van der Waals surface area contributed by atoms with Gasteiger partial charge >= 0.3 is 23.9 Å². The number of carbonyl (C=O) groups is 4. The summed E-state index contributed by atoms with van der Waals surface area (Å²) >= 11 is 0. The summed E-state index contributed by atoms with van der Waals surface area (Å²) in [6.45, 7) is 4.09. The third-order valence-corrected chi connectivity index (χ3v) is 4.31. The second kappa shape index (κ2) is 11.4. The Labute approximate surface area is 184 Å². The highest BCUT2D eigenvalue weighted by molar-refractivity contribution is 5.68. The van der Waals surface area contributed by atoms with Gasteiger partial charge in [0.15, 0.2) is 12.2 Å². The second-order valence-corrected chi connectivity index (χ2v) is 6.99. The van der Waals surface area contributed by atoms with Crippen LogP contribution in [0.15, 0.2) is 24.3 Å². The molecule has 0 saturated carbocycles. The molecule has 0 unspecified atom stereocenters. The first-order valence-electron chi connectivity index (χ1n) is 9.77. The van der Waals surface area contributed by atoms with E-state index in [1.165, 1.54) is 6.92 Å². The number of carbonyl (C=O) groups excluding carboxylic acids is 4. The number of hydrogen-bond donors (Lipinski definition) is 1. The minimum absolute atomic E-state index is 0.167. The molecule has 0 bridgehead atoms. The molecular weight excluding hydrogens is 428 g/mol. The molecule has 32 heavy (non-hydrogen) atoms. The van der Waals surface area contributed by atoms with Crippen LogP contribution in [0.4, 0.5) is 0 Å². The zero-order valence-electron chi connectivity index (χ0n) is 18.1. The van der Waals surface area contributed by atoms with Crippen molar-refractivity contribution in [2.24, 2.45) is 0 Å². The molecule has 1 aromatic rings. The van der Waals surface area contributed by atoms with Crippen LogP contribution in [-0.4, -0.2) is 66.3 Å². The number of rotatable bonds is 8. The Balaban J connectivity index is 2.42. The summed E-state index contributed by atoms with van der Waals surface area (Å²) < 4.78 is 32.6. The summed E-state index contributed by atoms with van der Waals surface area (Å²) in [5, 5.41) is 9.20. The van der Waals surface area contributed by atoms with Crippen LogP contribution in [0.2, 0.25) is 0 Å². The molecule has 2 rings (SSSR count). The van der Waals surface area contributed by atoms with E-state index in [4.69, 9.17) is 28.4 Å². The van der Waals surface area contributed by atoms with Crippen LogP contribution < -0.4 is 4.74 Å².